The number of nitrogens with zero attached hydrogens (tertiary/aromatic N) is 2. The molecule has 0 unspecified atom stereocenters. The fourth-order valence-corrected chi connectivity index (χ4v) is 3.80. The van der Waals surface area contributed by atoms with Crippen LogP contribution in [0.1, 0.15) is 6.92 Å². The lowest BCUT2D eigenvalue weighted by Gasteiger charge is -2.03. The van der Waals surface area contributed by atoms with Crippen molar-refractivity contribution in [1.29, 1.82) is 0 Å². The Kier molecular flexibility index (Phi) is 5.76. The van der Waals surface area contributed by atoms with Gasteiger partial charge in [-0.3, -0.25) is 14.4 Å². The third kappa shape index (κ3) is 4.53. The van der Waals surface area contributed by atoms with Crippen molar-refractivity contribution in [1.82, 2.24) is 4.57 Å². The van der Waals surface area contributed by atoms with Gasteiger partial charge in [-0.2, -0.15) is 4.99 Å². The summed E-state index contributed by atoms with van der Waals surface area (Å²) in [4.78, 5) is 38.4. The van der Waals surface area contributed by atoms with Gasteiger partial charge in [-0.25, -0.2) is 8.42 Å². The van der Waals surface area contributed by atoms with Gasteiger partial charge in [0.05, 0.1) is 17.3 Å². The maximum absolute atomic E-state index is 11.9. The quantitative estimate of drug-likeness (QED) is 0.700. The Morgan fingerprint density at radius 3 is 2.60 bits per heavy atom. The number of esters is 1. The van der Waals surface area contributed by atoms with E-state index >= 15 is 0 Å². The minimum Gasteiger partial charge on any atom is -0.468 e. The summed E-state index contributed by atoms with van der Waals surface area (Å²) in [6.45, 7) is 0.644. The summed E-state index contributed by atoms with van der Waals surface area (Å²) in [6, 6.07) is 4.88. The van der Waals surface area contributed by atoms with E-state index in [9.17, 15) is 22.8 Å². The molecule has 1 heterocycles. The molecule has 0 atom stereocenters. The number of halogens is 1. The number of sulfone groups is 1. The van der Waals surface area contributed by atoms with Gasteiger partial charge in [-0.1, -0.05) is 22.9 Å². The van der Waals surface area contributed by atoms with E-state index in [1.165, 1.54) is 11.7 Å². The molecule has 0 spiro atoms. The topological polar surface area (TPSA) is 112 Å². The minimum atomic E-state index is -4.19. The number of thiazole rings is 1. The second-order valence-corrected chi connectivity index (χ2v) is 8.45. The molecule has 1 amide bonds. The number of hydrogen-bond donors (Lipinski definition) is 0. The van der Waals surface area contributed by atoms with Crippen molar-refractivity contribution >= 4 is 60.0 Å². The average Bonchev–Trinajstić information content (AvgIpc) is 2.82. The van der Waals surface area contributed by atoms with Crippen LogP contribution in [-0.4, -0.2) is 42.8 Å². The Hall–Kier alpha value is -2.04. The molecule has 1 aromatic heterocycles. The Bertz CT molecular complexity index is 1040. The number of fused-ring (bicyclic) bond motifs is 1. The summed E-state index contributed by atoms with van der Waals surface area (Å²) >= 11 is 6.99. The molecule has 0 saturated heterocycles. The van der Waals surface area contributed by atoms with Crippen LogP contribution in [0.15, 0.2) is 23.2 Å². The predicted octanol–water partition coefficient (Wildman–Crippen LogP) is 0.918. The standard InChI is InChI=1S/C14H13ClN2O6S2/c1-8(18)25(21,22)7-12(19)16-14-17(6-13(20)23-2)10-4-3-9(15)5-11(10)24-14/h3-5H,6-7H2,1-2H3. The molecule has 0 aliphatic rings. The summed E-state index contributed by atoms with van der Waals surface area (Å²) in [5.41, 5.74) is 0.584. The fourth-order valence-electron chi connectivity index (χ4n) is 1.88. The Morgan fingerprint density at radius 2 is 2.00 bits per heavy atom. The molecule has 0 bridgehead atoms. The van der Waals surface area contributed by atoms with Crippen molar-refractivity contribution < 1.29 is 27.5 Å². The van der Waals surface area contributed by atoms with Crippen LogP contribution >= 0.6 is 22.9 Å². The summed E-state index contributed by atoms with van der Waals surface area (Å²) in [7, 11) is -2.98. The highest BCUT2D eigenvalue weighted by atomic mass is 35.5. The van der Waals surface area contributed by atoms with Crippen molar-refractivity contribution in [3.63, 3.8) is 0 Å². The molecule has 2 aromatic rings. The number of carbonyl (C=O) groups is 3. The van der Waals surface area contributed by atoms with Gasteiger partial charge in [0.25, 0.3) is 5.91 Å². The normalized spacial score (nSPS) is 12.4. The van der Waals surface area contributed by atoms with Gasteiger partial charge in [-0.05, 0) is 18.2 Å². The van der Waals surface area contributed by atoms with Crippen LogP contribution < -0.4 is 4.80 Å². The number of hydrogen-bond acceptors (Lipinski definition) is 7. The molecule has 0 fully saturated rings. The van der Waals surface area contributed by atoms with Gasteiger partial charge in [0, 0.05) is 11.9 Å². The molecular weight excluding hydrogens is 392 g/mol. The number of ether oxygens (including phenoxy) is 1. The zero-order valence-corrected chi connectivity index (χ0v) is 15.6. The Balaban J connectivity index is 2.55. The molecule has 1 aromatic carbocycles. The second kappa shape index (κ2) is 7.46. The van der Waals surface area contributed by atoms with Crippen LogP contribution in [0.3, 0.4) is 0 Å². The first-order valence-corrected chi connectivity index (χ1v) is 9.65. The van der Waals surface area contributed by atoms with Crippen LogP contribution in [0.2, 0.25) is 5.02 Å². The van der Waals surface area contributed by atoms with Gasteiger partial charge in [0.2, 0.25) is 15.0 Å². The van der Waals surface area contributed by atoms with E-state index < -0.39 is 32.6 Å². The molecule has 25 heavy (non-hydrogen) atoms. The second-order valence-electron chi connectivity index (χ2n) is 4.92. The van der Waals surface area contributed by atoms with E-state index in [4.69, 9.17) is 11.6 Å². The third-order valence-corrected chi connectivity index (χ3v) is 5.91. The van der Waals surface area contributed by atoms with Gasteiger partial charge in [0.1, 0.15) is 12.3 Å². The molecule has 134 valence electrons. The maximum atomic E-state index is 11.9. The highest BCUT2D eigenvalue weighted by molar-refractivity contribution is 8.06. The van der Waals surface area contributed by atoms with E-state index in [0.717, 1.165) is 18.3 Å². The van der Waals surface area contributed by atoms with E-state index in [-0.39, 0.29) is 11.3 Å². The van der Waals surface area contributed by atoms with Crippen LogP contribution in [0.4, 0.5) is 0 Å². The number of carbonyl (C=O) groups excluding carboxylic acids is 3. The molecule has 11 heteroatoms. The van der Waals surface area contributed by atoms with Crippen LogP contribution in [0.25, 0.3) is 10.2 Å². The van der Waals surface area contributed by atoms with Crippen LogP contribution in [0, 0.1) is 0 Å². The largest absolute Gasteiger partial charge is 0.468 e. The smallest absolute Gasteiger partial charge is 0.325 e. The first-order chi connectivity index (χ1) is 11.6. The Morgan fingerprint density at radius 1 is 1.32 bits per heavy atom. The summed E-state index contributed by atoms with van der Waals surface area (Å²) < 4.78 is 29.8. The number of rotatable bonds is 4. The van der Waals surface area contributed by atoms with Crippen LogP contribution in [-0.2, 0) is 35.5 Å². The molecular formula is C14H13ClN2O6S2. The molecule has 8 nitrogen and oxygen atoms in total. The molecule has 0 radical (unpaired) electrons. The summed E-state index contributed by atoms with van der Waals surface area (Å²) in [5.74, 6) is -2.61. The number of aromatic nitrogens is 1. The average molecular weight is 405 g/mol. The maximum Gasteiger partial charge on any atom is 0.325 e. The lowest BCUT2D eigenvalue weighted by molar-refractivity contribution is -0.141. The van der Waals surface area contributed by atoms with Crippen molar-refractivity contribution in [2.75, 3.05) is 12.9 Å². The zero-order valence-electron chi connectivity index (χ0n) is 13.2. The fraction of sp³-hybridized carbons (Fsp3) is 0.286. The minimum absolute atomic E-state index is 0.103. The first-order valence-electron chi connectivity index (χ1n) is 6.80. The molecule has 2 rings (SSSR count). The number of methoxy groups -OCH3 is 1. The molecule has 0 aliphatic heterocycles. The van der Waals surface area contributed by atoms with Gasteiger partial charge in [0.15, 0.2) is 4.80 Å². The third-order valence-electron chi connectivity index (χ3n) is 3.13. The first kappa shape index (κ1) is 19.3. The molecule has 0 aliphatic carbocycles. The number of amides is 1. The van der Waals surface area contributed by atoms with Crippen molar-refractivity contribution in [2.45, 2.75) is 13.5 Å². The van der Waals surface area contributed by atoms with E-state index in [1.807, 2.05) is 0 Å². The molecule has 0 N–H and O–H groups in total. The van der Waals surface area contributed by atoms with E-state index in [2.05, 4.69) is 9.73 Å². The Labute approximate surface area is 151 Å². The van der Waals surface area contributed by atoms with Crippen molar-refractivity contribution in [3.05, 3.63) is 28.0 Å². The van der Waals surface area contributed by atoms with Gasteiger partial charge in [-0.15, -0.1) is 0 Å². The summed E-state index contributed by atoms with van der Waals surface area (Å²) in [6.07, 6.45) is 0. The van der Waals surface area contributed by atoms with Gasteiger partial charge < -0.3 is 9.30 Å². The summed E-state index contributed by atoms with van der Waals surface area (Å²) in [5, 5.41) is -0.655. The van der Waals surface area contributed by atoms with Gasteiger partial charge >= 0.3 is 5.97 Å². The SMILES string of the molecule is COC(=O)Cn1c(=NC(=O)CS(=O)(=O)C(C)=O)sc2cc(Cl)ccc21. The lowest BCUT2D eigenvalue weighted by atomic mass is 10.3. The highest BCUT2D eigenvalue weighted by Gasteiger charge is 2.22. The molecule has 0 saturated carbocycles. The monoisotopic (exact) mass is 404 g/mol. The lowest BCUT2D eigenvalue weighted by Crippen LogP contribution is -2.25. The highest BCUT2D eigenvalue weighted by Crippen LogP contribution is 2.22. The predicted molar refractivity (Wildman–Crippen MR) is 91.9 cm³/mol. The van der Waals surface area contributed by atoms with E-state index in [0.29, 0.717) is 15.2 Å². The van der Waals surface area contributed by atoms with Crippen molar-refractivity contribution in [3.8, 4) is 0 Å². The van der Waals surface area contributed by atoms with Crippen molar-refractivity contribution in [2.24, 2.45) is 4.99 Å². The number of benzene rings is 1. The van der Waals surface area contributed by atoms with E-state index in [1.54, 1.807) is 18.2 Å². The van der Waals surface area contributed by atoms with Crippen LogP contribution in [0.5, 0.6) is 0 Å². The zero-order chi connectivity index (χ0) is 18.8.